The van der Waals surface area contributed by atoms with E-state index in [1.807, 2.05) is 0 Å². The third kappa shape index (κ3) is 7.52. The van der Waals surface area contributed by atoms with Gasteiger partial charge in [-0.15, -0.1) is 11.3 Å². The van der Waals surface area contributed by atoms with Gasteiger partial charge < -0.3 is 4.18 Å². The van der Waals surface area contributed by atoms with Crippen LogP contribution >= 0.6 is 11.3 Å². The molecule has 27 heavy (non-hydrogen) atoms. The molecule has 4 N–H and O–H groups in total. The molecular weight excluding hydrogens is 467 g/mol. The van der Waals surface area contributed by atoms with Crippen molar-refractivity contribution >= 4 is 57.5 Å². The SMILES string of the molecule is CC(=O)Nc1cc([As](=O)(O)O)ccc1O.CC(=O)OS(=O)(=O)c1cncs1. The number of hydrogen-bond acceptors (Lipinski definition) is 9. The predicted octanol–water partition coefficient (Wildman–Crippen LogP) is -0.694. The van der Waals surface area contributed by atoms with Crippen molar-refractivity contribution < 1.29 is 39.2 Å². The van der Waals surface area contributed by atoms with Crippen molar-refractivity contribution in [1.29, 1.82) is 0 Å². The quantitative estimate of drug-likeness (QED) is 0.247. The molecule has 0 fully saturated rings. The fourth-order valence-corrected chi connectivity index (χ4v) is 4.34. The van der Waals surface area contributed by atoms with E-state index in [-0.39, 0.29) is 20.0 Å². The van der Waals surface area contributed by atoms with Crippen LogP contribution in [0.3, 0.4) is 0 Å². The molecule has 0 saturated carbocycles. The van der Waals surface area contributed by atoms with Gasteiger partial charge in [-0.05, 0) is 0 Å². The number of aromatic hydroxyl groups is 1. The van der Waals surface area contributed by atoms with Crippen molar-refractivity contribution in [3.63, 3.8) is 0 Å². The summed E-state index contributed by atoms with van der Waals surface area (Å²) in [7, 11) is -3.91. The van der Waals surface area contributed by atoms with Crippen molar-refractivity contribution in [2.24, 2.45) is 0 Å². The average molecular weight is 482 g/mol. The molecule has 2 rings (SSSR count). The van der Waals surface area contributed by atoms with Gasteiger partial charge >= 0.3 is 104 Å². The number of thiazole rings is 1. The van der Waals surface area contributed by atoms with Crippen LogP contribution in [-0.4, -0.2) is 52.7 Å². The van der Waals surface area contributed by atoms with Crippen LogP contribution in [0, 0.1) is 0 Å². The first-order valence-corrected chi connectivity index (χ1v) is 12.5. The van der Waals surface area contributed by atoms with E-state index in [9.17, 15) is 26.9 Å². The molecule has 148 valence electrons. The van der Waals surface area contributed by atoms with Gasteiger partial charge in [-0.25, -0.2) is 0 Å². The first kappa shape index (κ1) is 22.9. The number of anilines is 1. The maximum atomic E-state index is 11.0. The second-order valence-corrected chi connectivity index (χ2v) is 10.8. The predicted molar refractivity (Wildman–Crippen MR) is 94.0 cm³/mol. The van der Waals surface area contributed by atoms with Gasteiger partial charge in [0, 0.05) is 6.92 Å². The molecule has 0 aliphatic heterocycles. The summed E-state index contributed by atoms with van der Waals surface area (Å²) in [6.07, 6.45) is 1.13. The Morgan fingerprint density at radius 1 is 1.26 bits per heavy atom. The van der Waals surface area contributed by atoms with Gasteiger partial charge in [-0.2, -0.15) is 8.42 Å². The Morgan fingerprint density at radius 2 is 1.89 bits per heavy atom. The molecule has 1 heterocycles. The number of carbonyl (C=O) groups is 2. The number of phenolic OH excluding ortho intramolecular Hbond substituents is 1. The molecule has 0 atom stereocenters. The summed E-state index contributed by atoms with van der Waals surface area (Å²) < 4.78 is 54.7. The van der Waals surface area contributed by atoms with Crippen molar-refractivity contribution in [2.75, 3.05) is 5.32 Å². The number of phenols is 1. The first-order valence-electron chi connectivity index (χ1n) is 6.83. The zero-order valence-corrected chi connectivity index (χ0v) is 17.4. The van der Waals surface area contributed by atoms with Crippen LogP contribution in [0.5, 0.6) is 5.75 Å². The zero-order chi connectivity index (χ0) is 20.8. The maximum Gasteiger partial charge on any atom is 0.352 e. The van der Waals surface area contributed by atoms with E-state index in [2.05, 4.69) is 14.5 Å². The molecule has 0 unspecified atom stereocenters. The standard InChI is InChI=1S/C8H10AsNO5.C5H5NO4S2/c1-5(11)10-7-4-6(9(13,14)15)2-3-8(7)12;1-4(7)10-12(8,9)5-2-6-3-11-5/h2-4,12H,1H3,(H,10,11)(H2,13,14,15);2-3H,1H3. The van der Waals surface area contributed by atoms with E-state index >= 15 is 0 Å². The molecular formula is C13H15AsN2O9S2. The molecule has 11 nitrogen and oxygen atoms in total. The third-order valence-electron chi connectivity index (χ3n) is 2.51. The van der Waals surface area contributed by atoms with E-state index in [1.165, 1.54) is 12.4 Å². The molecule has 2 aromatic rings. The van der Waals surface area contributed by atoms with Crippen LogP contribution in [0.1, 0.15) is 13.8 Å². The molecule has 0 saturated heterocycles. The van der Waals surface area contributed by atoms with Gasteiger partial charge in [-0.3, -0.25) is 9.78 Å². The van der Waals surface area contributed by atoms with Crippen LogP contribution in [0.25, 0.3) is 0 Å². The van der Waals surface area contributed by atoms with Crippen LogP contribution in [0.2, 0.25) is 0 Å². The van der Waals surface area contributed by atoms with Crippen LogP contribution < -0.4 is 9.67 Å². The van der Waals surface area contributed by atoms with Crippen LogP contribution in [-0.2, 0) is 27.6 Å². The van der Waals surface area contributed by atoms with Gasteiger partial charge in [0.2, 0.25) is 0 Å². The number of carbonyl (C=O) groups excluding carboxylic acids is 2. The number of nitrogens with zero attached hydrogens (tertiary/aromatic N) is 1. The molecule has 0 spiro atoms. The zero-order valence-electron chi connectivity index (χ0n) is 13.9. The Morgan fingerprint density at radius 3 is 2.33 bits per heavy atom. The normalized spacial score (nSPS) is 11.1. The molecule has 0 radical (unpaired) electrons. The van der Waals surface area contributed by atoms with Crippen molar-refractivity contribution in [3.05, 3.63) is 29.9 Å². The third-order valence-corrected chi connectivity index (χ3v) is 7.02. The Kier molecular flexibility index (Phi) is 7.75. The number of hydrogen-bond donors (Lipinski definition) is 4. The summed E-state index contributed by atoms with van der Waals surface area (Å²) in [5, 5.41) is 11.6. The number of rotatable bonds is 4. The number of nitrogens with one attached hydrogen (secondary N) is 1. The monoisotopic (exact) mass is 482 g/mol. The maximum absolute atomic E-state index is 11.0. The van der Waals surface area contributed by atoms with E-state index in [4.69, 9.17) is 8.19 Å². The summed E-state index contributed by atoms with van der Waals surface area (Å²) in [6.45, 7) is 2.26. The minimum Gasteiger partial charge on any atom is -0.342 e. The largest absolute Gasteiger partial charge is 0.352 e. The van der Waals surface area contributed by atoms with Crippen LogP contribution in [0.4, 0.5) is 5.69 Å². The Bertz CT molecular complexity index is 968. The average Bonchev–Trinajstić information content (AvgIpc) is 3.02. The second-order valence-electron chi connectivity index (χ2n) is 4.78. The Labute approximate surface area is 160 Å². The Hall–Kier alpha value is -2.18. The molecule has 1 amide bonds. The van der Waals surface area contributed by atoms with E-state index in [0.717, 1.165) is 42.7 Å². The molecule has 1 aromatic heterocycles. The molecule has 14 heteroatoms. The van der Waals surface area contributed by atoms with E-state index in [0.29, 0.717) is 0 Å². The van der Waals surface area contributed by atoms with E-state index < -0.39 is 36.2 Å². The molecule has 0 aliphatic carbocycles. The summed E-state index contributed by atoms with van der Waals surface area (Å²) in [4.78, 5) is 24.6. The number of aromatic nitrogens is 1. The van der Waals surface area contributed by atoms with Gasteiger partial charge in [-0.1, -0.05) is 0 Å². The summed E-state index contributed by atoms with van der Waals surface area (Å²) in [5.41, 5.74) is 1.33. The van der Waals surface area contributed by atoms with E-state index in [1.54, 1.807) is 0 Å². The smallest absolute Gasteiger partial charge is 0.342 e. The van der Waals surface area contributed by atoms with Crippen molar-refractivity contribution in [1.82, 2.24) is 4.98 Å². The van der Waals surface area contributed by atoms with Crippen LogP contribution in [0.15, 0.2) is 34.1 Å². The molecule has 1 aromatic carbocycles. The first-order chi connectivity index (χ1) is 12.3. The summed E-state index contributed by atoms with van der Waals surface area (Å²) in [6, 6.07) is 3.32. The number of benzene rings is 1. The Balaban J connectivity index is 0.000000277. The minimum absolute atomic E-state index is 0.00951. The minimum atomic E-state index is -4.98. The summed E-state index contributed by atoms with van der Waals surface area (Å²) in [5.74, 6) is -1.53. The van der Waals surface area contributed by atoms with Gasteiger partial charge in [0.15, 0.2) is 4.21 Å². The topological polar surface area (TPSA) is 180 Å². The number of amides is 1. The second kappa shape index (κ2) is 9.15. The molecule has 0 aliphatic rings. The molecule has 0 bridgehead atoms. The summed E-state index contributed by atoms with van der Waals surface area (Å²) >= 11 is -4.09. The van der Waals surface area contributed by atoms with Gasteiger partial charge in [0.05, 0.1) is 11.7 Å². The van der Waals surface area contributed by atoms with Crippen molar-refractivity contribution in [2.45, 2.75) is 18.1 Å². The fourth-order valence-electron chi connectivity index (χ4n) is 1.52. The van der Waals surface area contributed by atoms with Gasteiger partial charge in [0.25, 0.3) is 0 Å². The van der Waals surface area contributed by atoms with Gasteiger partial charge in [0.1, 0.15) is 0 Å². The van der Waals surface area contributed by atoms with Crippen molar-refractivity contribution in [3.8, 4) is 5.75 Å². The fraction of sp³-hybridized carbons (Fsp3) is 0.154.